The summed E-state index contributed by atoms with van der Waals surface area (Å²) in [5, 5.41) is 9.36. The van der Waals surface area contributed by atoms with E-state index in [2.05, 4.69) is 4.98 Å². The zero-order valence-electron chi connectivity index (χ0n) is 8.07. The van der Waals surface area contributed by atoms with E-state index in [1.807, 2.05) is 17.6 Å². The smallest absolute Gasteiger partial charge is 0.117 e. The summed E-state index contributed by atoms with van der Waals surface area (Å²) in [4.78, 5) is 4.37. The van der Waals surface area contributed by atoms with Gasteiger partial charge in [-0.05, 0) is 19.1 Å². The van der Waals surface area contributed by atoms with E-state index < -0.39 is 0 Å². The van der Waals surface area contributed by atoms with Crippen LogP contribution in [0.5, 0.6) is 5.75 Å². The number of aromatic nitrogens is 2. The molecule has 0 amide bonds. The number of phenols is 1. The van der Waals surface area contributed by atoms with Crippen molar-refractivity contribution in [1.29, 1.82) is 0 Å². The fraction of sp³-hybridized carbons (Fsp3) is 0.300. The number of rotatable bonds is 2. The van der Waals surface area contributed by atoms with E-state index in [0.717, 1.165) is 23.4 Å². The van der Waals surface area contributed by atoms with Gasteiger partial charge in [-0.3, -0.25) is 0 Å². The molecular weight excluding hydrogens is 178 g/mol. The van der Waals surface area contributed by atoms with Crippen molar-refractivity contribution >= 4 is 11.0 Å². The van der Waals surface area contributed by atoms with E-state index in [1.54, 1.807) is 12.1 Å². The van der Waals surface area contributed by atoms with Crippen LogP contribution in [0.1, 0.15) is 5.82 Å². The minimum absolute atomic E-state index is 0.260. The van der Waals surface area contributed by atoms with Crippen LogP contribution in [-0.2, 0) is 6.54 Å². The average molecular weight is 191 g/mol. The molecule has 0 fully saturated rings. The number of fused-ring (bicyclic) bond motifs is 1. The summed E-state index contributed by atoms with van der Waals surface area (Å²) < 4.78 is 2.01. The summed E-state index contributed by atoms with van der Waals surface area (Å²) >= 11 is 0. The minimum atomic E-state index is 0.260. The largest absolute Gasteiger partial charge is 0.508 e. The number of phenolic OH excluding ortho intramolecular Hbond substituents is 1. The van der Waals surface area contributed by atoms with Gasteiger partial charge >= 0.3 is 0 Å². The van der Waals surface area contributed by atoms with E-state index in [-0.39, 0.29) is 5.75 Å². The minimum Gasteiger partial charge on any atom is -0.508 e. The molecule has 0 spiro atoms. The molecule has 0 bridgehead atoms. The summed E-state index contributed by atoms with van der Waals surface area (Å²) in [5.74, 6) is 1.19. The molecule has 4 nitrogen and oxygen atoms in total. The maximum absolute atomic E-state index is 9.36. The first-order chi connectivity index (χ1) is 6.72. The summed E-state index contributed by atoms with van der Waals surface area (Å²) in [5.41, 5.74) is 7.34. The van der Waals surface area contributed by atoms with Gasteiger partial charge in [0.15, 0.2) is 0 Å². The van der Waals surface area contributed by atoms with E-state index in [0.29, 0.717) is 6.54 Å². The van der Waals surface area contributed by atoms with Gasteiger partial charge in [-0.25, -0.2) is 4.98 Å². The average Bonchev–Trinajstić information content (AvgIpc) is 2.45. The Morgan fingerprint density at radius 3 is 3.00 bits per heavy atom. The number of benzene rings is 1. The predicted octanol–water partition coefficient (Wildman–Crippen LogP) is 1.01. The van der Waals surface area contributed by atoms with Gasteiger partial charge in [0.25, 0.3) is 0 Å². The Kier molecular flexibility index (Phi) is 2.13. The number of hydrogen-bond acceptors (Lipinski definition) is 3. The summed E-state index contributed by atoms with van der Waals surface area (Å²) in [6.07, 6.45) is 0. The van der Waals surface area contributed by atoms with Crippen LogP contribution < -0.4 is 5.73 Å². The highest BCUT2D eigenvalue weighted by atomic mass is 16.3. The Hall–Kier alpha value is -1.55. The van der Waals surface area contributed by atoms with Crippen molar-refractivity contribution in [2.75, 3.05) is 6.54 Å². The molecule has 1 aromatic carbocycles. The lowest BCUT2D eigenvalue weighted by Crippen LogP contribution is -2.10. The third kappa shape index (κ3) is 1.33. The second-order valence-corrected chi connectivity index (χ2v) is 3.27. The highest BCUT2D eigenvalue weighted by molar-refractivity contribution is 5.77. The molecule has 0 aliphatic rings. The van der Waals surface area contributed by atoms with Gasteiger partial charge in [0.2, 0.25) is 0 Å². The lowest BCUT2D eigenvalue weighted by molar-refractivity contribution is 0.476. The summed E-state index contributed by atoms with van der Waals surface area (Å²) in [6.45, 7) is 3.24. The van der Waals surface area contributed by atoms with Crippen LogP contribution in [0.25, 0.3) is 11.0 Å². The molecule has 2 rings (SSSR count). The second kappa shape index (κ2) is 3.31. The normalized spacial score (nSPS) is 11.0. The molecule has 0 aliphatic carbocycles. The highest BCUT2D eigenvalue weighted by Gasteiger charge is 2.06. The van der Waals surface area contributed by atoms with Gasteiger partial charge in [-0.15, -0.1) is 0 Å². The van der Waals surface area contributed by atoms with E-state index in [4.69, 9.17) is 5.73 Å². The lowest BCUT2D eigenvalue weighted by atomic mass is 10.3. The third-order valence-electron chi connectivity index (χ3n) is 2.28. The summed E-state index contributed by atoms with van der Waals surface area (Å²) in [6, 6.07) is 5.16. The van der Waals surface area contributed by atoms with Gasteiger partial charge in [-0.1, -0.05) is 0 Å². The Balaban J connectivity index is 2.66. The van der Waals surface area contributed by atoms with Crippen LogP contribution in [-0.4, -0.2) is 21.2 Å². The fourth-order valence-corrected chi connectivity index (χ4v) is 1.64. The number of aryl methyl sites for hydroxylation is 1. The first-order valence-corrected chi connectivity index (χ1v) is 4.58. The number of imidazole rings is 1. The Labute approximate surface area is 82.0 Å². The number of aromatic hydroxyl groups is 1. The van der Waals surface area contributed by atoms with Crippen molar-refractivity contribution in [3.05, 3.63) is 24.0 Å². The van der Waals surface area contributed by atoms with Crippen molar-refractivity contribution in [3.8, 4) is 5.75 Å². The Morgan fingerprint density at radius 1 is 1.50 bits per heavy atom. The molecule has 0 radical (unpaired) electrons. The van der Waals surface area contributed by atoms with Crippen LogP contribution in [0.15, 0.2) is 18.2 Å². The van der Waals surface area contributed by atoms with Crippen LogP contribution >= 0.6 is 0 Å². The molecule has 3 N–H and O–H groups in total. The van der Waals surface area contributed by atoms with Crippen molar-refractivity contribution in [2.45, 2.75) is 13.5 Å². The predicted molar refractivity (Wildman–Crippen MR) is 55.2 cm³/mol. The van der Waals surface area contributed by atoms with Gasteiger partial charge in [-0.2, -0.15) is 0 Å². The van der Waals surface area contributed by atoms with Gasteiger partial charge in [0.05, 0.1) is 11.0 Å². The first-order valence-electron chi connectivity index (χ1n) is 4.58. The molecular formula is C10H13N3O. The molecule has 0 unspecified atom stereocenters. The first kappa shape index (κ1) is 9.02. The SMILES string of the molecule is Cc1nc2ccc(O)cc2n1CCN. The lowest BCUT2D eigenvalue weighted by Gasteiger charge is -2.03. The second-order valence-electron chi connectivity index (χ2n) is 3.27. The molecule has 0 saturated heterocycles. The molecule has 2 aromatic rings. The molecule has 0 atom stereocenters. The van der Waals surface area contributed by atoms with E-state index in [1.165, 1.54) is 0 Å². The molecule has 14 heavy (non-hydrogen) atoms. The molecule has 1 aromatic heterocycles. The molecule has 0 saturated carbocycles. The monoisotopic (exact) mass is 191 g/mol. The number of hydrogen-bond donors (Lipinski definition) is 2. The molecule has 0 aliphatic heterocycles. The maximum Gasteiger partial charge on any atom is 0.117 e. The van der Waals surface area contributed by atoms with Crippen molar-refractivity contribution in [3.63, 3.8) is 0 Å². The topological polar surface area (TPSA) is 64.1 Å². The molecule has 4 heteroatoms. The van der Waals surface area contributed by atoms with Crippen LogP contribution in [0.2, 0.25) is 0 Å². The van der Waals surface area contributed by atoms with Crippen molar-refractivity contribution in [2.24, 2.45) is 5.73 Å². The van der Waals surface area contributed by atoms with Crippen LogP contribution in [0, 0.1) is 6.92 Å². The van der Waals surface area contributed by atoms with Crippen molar-refractivity contribution < 1.29 is 5.11 Å². The van der Waals surface area contributed by atoms with Gasteiger partial charge in [0, 0.05) is 19.2 Å². The van der Waals surface area contributed by atoms with Gasteiger partial charge in [0.1, 0.15) is 11.6 Å². The maximum atomic E-state index is 9.36. The number of nitrogens with two attached hydrogens (primary N) is 1. The van der Waals surface area contributed by atoms with Gasteiger partial charge < -0.3 is 15.4 Å². The third-order valence-corrected chi connectivity index (χ3v) is 2.28. The quantitative estimate of drug-likeness (QED) is 0.744. The Bertz CT molecular complexity index is 462. The van der Waals surface area contributed by atoms with Crippen LogP contribution in [0.3, 0.4) is 0 Å². The van der Waals surface area contributed by atoms with Crippen LogP contribution in [0.4, 0.5) is 0 Å². The van der Waals surface area contributed by atoms with E-state index >= 15 is 0 Å². The molecule has 74 valence electrons. The highest BCUT2D eigenvalue weighted by Crippen LogP contribution is 2.20. The fourth-order valence-electron chi connectivity index (χ4n) is 1.64. The molecule has 1 heterocycles. The van der Waals surface area contributed by atoms with Crippen molar-refractivity contribution in [1.82, 2.24) is 9.55 Å². The summed E-state index contributed by atoms with van der Waals surface area (Å²) in [7, 11) is 0. The number of nitrogens with zero attached hydrogens (tertiary/aromatic N) is 2. The Morgan fingerprint density at radius 2 is 2.29 bits per heavy atom. The van der Waals surface area contributed by atoms with E-state index in [9.17, 15) is 5.11 Å². The standard InChI is InChI=1S/C10H13N3O/c1-7-12-9-3-2-8(14)6-10(9)13(7)5-4-11/h2-3,6,14H,4-5,11H2,1H3. The zero-order chi connectivity index (χ0) is 10.1. The zero-order valence-corrected chi connectivity index (χ0v) is 8.07.